The Morgan fingerprint density at radius 2 is 2.31 bits per heavy atom. The number of carbonyl (C=O) groups is 1. The highest BCUT2D eigenvalue weighted by atomic mass is 16.3. The Morgan fingerprint density at radius 1 is 1.44 bits per heavy atom. The second-order valence-corrected chi connectivity index (χ2v) is 5.00. The van der Waals surface area contributed by atoms with E-state index in [-0.39, 0.29) is 12.5 Å². The lowest BCUT2D eigenvalue weighted by Crippen LogP contribution is -2.41. The predicted octanol–water partition coefficient (Wildman–Crippen LogP) is 1.57. The van der Waals surface area contributed by atoms with Crippen LogP contribution in [-0.2, 0) is 4.79 Å². The summed E-state index contributed by atoms with van der Waals surface area (Å²) in [6, 6.07) is 0. The molecule has 0 radical (unpaired) electrons. The first-order valence-electron chi connectivity index (χ1n) is 6.35. The summed E-state index contributed by atoms with van der Waals surface area (Å²) >= 11 is 0. The first-order chi connectivity index (χ1) is 7.79. The van der Waals surface area contributed by atoms with E-state index in [0.717, 1.165) is 38.8 Å². The SMILES string of the molecule is O=C(CC1C=CCC1)N1CCCC(CO)C1. The molecule has 3 heteroatoms. The van der Waals surface area contributed by atoms with Crippen molar-refractivity contribution in [2.45, 2.75) is 32.1 Å². The van der Waals surface area contributed by atoms with Gasteiger partial charge in [-0.3, -0.25) is 4.79 Å². The Balaban J connectivity index is 1.81. The molecule has 1 N–H and O–H groups in total. The minimum Gasteiger partial charge on any atom is -0.396 e. The first kappa shape index (κ1) is 11.6. The fraction of sp³-hybridized carbons (Fsp3) is 0.769. The predicted molar refractivity (Wildman–Crippen MR) is 62.9 cm³/mol. The van der Waals surface area contributed by atoms with E-state index in [9.17, 15) is 4.79 Å². The summed E-state index contributed by atoms with van der Waals surface area (Å²) in [7, 11) is 0. The van der Waals surface area contributed by atoms with Gasteiger partial charge < -0.3 is 10.0 Å². The summed E-state index contributed by atoms with van der Waals surface area (Å²) in [5.74, 6) is 1.04. The lowest BCUT2D eigenvalue weighted by atomic mass is 9.97. The van der Waals surface area contributed by atoms with Crippen LogP contribution in [0.15, 0.2) is 12.2 Å². The number of carbonyl (C=O) groups excluding carboxylic acids is 1. The minimum absolute atomic E-state index is 0.215. The van der Waals surface area contributed by atoms with Gasteiger partial charge in [0.1, 0.15) is 0 Å². The molecule has 1 heterocycles. The smallest absolute Gasteiger partial charge is 0.223 e. The molecule has 0 aromatic carbocycles. The van der Waals surface area contributed by atoms with Gasteiger partial charge in [0.2, 0.25) is 5.91 Å². The molecule has 2 atom stereocenters. The fourth-order valence-corrected chi connectivity index (χ4v) is 2.66. The van der Waals surface area contributed by atoms with Crippen molar-refractivity contribution in [3.8, 4) is 0 Å². The van der Waals surface area contributed by atoms with E-state index in [1.165, 1.54) is 0 Å². The number of hydrogen-bond donors (Lipinski definition) is 1. The van der Waals surface area contributed by atoms with Crippen LogP contribution in [0, 0.1) is 11.8 Å². The summed E-state index contributed by atoms with van der Waals surface area (Å²) in [5.41, 5.74) is 0. The highest BCUT2D eigenvalue weighted by molar-refractivity contribution is 5.76. The largest absolute Gasteiger partial charge is 0.396 e. The van der Waals surface area contributed by atoms with E-state index in [2.05, 4.69) is 12.2 Å². The molecule has 1 aliphatic heterocycles. The third kappa shape index (κ3) is 2.85. The number of allylic oxidation sites excluding steroid dienone is 2. The summed E-state index contributed by atoms with van der Waals surface area (Å²) in [5, 5.41) is 9.13. The summed E-state index contributed by atoms with van der Waals surface area (Å²) < 4.78 is 0. The van der Waals surface area contributed by atoms with Gasteiger partial charge in [-0.15, -0.1) is 0 Å². The number of amides is 1. The fourth-order valence-electron chi connectivity index (χ4n) is 2.66. The van der Waals surface area contributed by atoms with Crippen LogP contribution in [0.25, 0.3) is 0 Å². The van der Waals surface area contributed by atoms with Crippen molar-refractivity contribution in [1.82, 2.24) is 4.90 Å². The van der Waals surface area contributed by atoms with Crippen LogP contribution in [0.2, 0.25) is 0 Å². The van der Waals surface area contributed by atoms with Crippen LogP contribution in [0.1, 0.15) is 32.1 Å². The number of nitrogens with zero attached hydrogens (tertiary/aromatic N) is 1. The zero-order valence-corrected chi connectivity index (χ0v) is 9.77. The second-order valence-electron chi connectivity index (χ2n) is 5.00. The summed E-state index contributed by atoms with van der Waals surface area (Å²) in [4.78, 5) is 14.0. The molecule has 1 fully saturated rings. The van der Waals surface area contributed by atoms with Crippen molar-refractivity contribution >= 4 is 5.91 Å². The van der Waals surface area contributed by atoms with Crippen LogP contribution < -0.4 is 0 Å². The summed E-state index contributed by atoms with van der Waals surface area (Å²) in [6.45, 7) is 1.85. The molecule has 0 bridgehead atoms. The first-order valence-corrected chi connectivity index (χ1v) is 6.35. The van der Waals surface area contributed by atoms with Crippen molar-refractivity contribution in [2.75, 3.05) is 19.7 Å². The Labute approximate surface area is 97.1 Å². The van der Waals surface area contributed by atoms with Crippen LogP contribution in [0.5, 0.6) is 0 Å². The van der Waals surface area contributed by atoms with E-state index in [1.54, 1.807) is 0 Å². The van der Waals surface area contributed by atoms with Crippen LogP contribution in [0.4, 0.5) is 0 Å². The zero-order valence-electron chi connectivity index (χ0n) is 9.77. The molecular formula is C13H21NO2. The molecule has 0 aromatic heterocycles. The molecule has 2 aliphatic rings. The molecule has 0 saturated carbocycles. The number of aliphatic hydroxyl groups excluding tert-OH is 1. The van der Waals surface area contributed by atoms with E-state index in [0.29, 0.717) is 18.3 Å². The standard InChI is InChI=1S/C13H21NO2/c15-10-12-6-3-7-14(9-12)13(16)8-11-4-1-2-5-11/h1,4,11-12,15H,2-3,5-10H2. The van der Waals surface area contributed by atoms with E-state index in [1.807, 2.05) is 4.90 Å². The van der Waals surface area contributed by atoms with Crippen molar-refractivity contribution in [2.24, 2.45) is 11.8 Å². The Kier molecular flexibility index (Phi) is 3.99. The van der Waals surface area contributed by atoms with Gasteiger partial charge in [0.15, 0.2) is 0 Å². The molecule has 3 nitrogen and oxygen atoms in total. The van der Waals surface area contributed by atoms with Crippen LogP contribution >= 0.6 is 0 Å². The second kappa shape index (κ2) is 5.48. The minimum atomic E-state index is 0.215. The Morgan fingerprint density at radius 3 is 3.00 bits per heavy atom. The molecule has 1 amide bonds. The van der Waals surface area contributed by atoms with Gasteiger partial charge in [0, 0.05) is 26.1 Å². The van der Waals surface area contributed by atoms with E-state index < -0.39 is 0 Å². The topological polar surface area (TPSA) is 40.5 Å². The molecule has 0 aromatic rings. The number of aliphatic hydroxyl groups is 1. The van der Waals surface area contributed by atoms with Crippen LogP contribution in [0.3, 0.4) is 0 Å². The number of hydrogen-bond acceptors (Lipinski definition) is 2. The van der Waals surface area contributed by atoms with Gasteiger partial charge in [-0.05, 0) is 37.5 Å². The van der Waals surface area contributed by atoms with E-state index in [4.69, 9.17) is 5.11 Å². The highest BCUT2D eigenvalue weighted by Crippen LogP contribution is 2.23. The van der Waals surface area contributed by atoms with Crippen molar-refractivity contribution < 1.29 is 9.90 Å². The molecule has 16 heavy (non-hydrogen) atoms. The van der Waals surface area contributed by atoms with Gasteiger partial charge in [-0.2, -0.15) is 0 Å². The summed E-state index contributed by atoms with van der Waals surface area (Å²) in [6.07, 6.45) is 9.35. The van der Waals surface area contributed by atoms with Gasteiger partial charge >= 0.3 is 0 Å². The van der Waals surface area contributed by atoms with Crippen molar-refractivity contribution in [3.63, 3.8) is 0 Å². The van der Waals surface area contributed by atoms with E-state index >= 15 is 0 Å². The molecular weight excluding hydrogens is 202 g/mol. The van der Waals surface area contributed by atoms with Gasteiger partial charge in [0.25, 0.3) is 0 Å². The average Bonchev–Trinajstić information content (AvgIpc) is 2.82. The normalized spacial score (nSPS) is 29.7. The molecule has 90 valence electrons. The molecule has 1 aliphatic carbocycles. The monoisotopic (exact) mass is 223 g/mol. The lowest BCUT2D eigenvalue weighted by Gasteiger charge is -2.32. The van der Waals surface area contributed by atoms with Gasteiger partial charge in [-0.1, -0.05) is 12.2 Å². The maximum atomic E-state index is 12.0. The number of likely N-dealkylation sites (tertiary alicyclic amines) is 1. The molecule has 0 spiro atoms. The maximum absolute atomic E-state index is 12.0. The number of rotatable bonds is 3. The zero-order chi connectivity index (χ0) is 11.4. The highest BCUT2D eigenvalue weighted by Gasteiger charge is 2.24. The Hall–Kier alpha value is -0.830. The number of piperidine rings is 1. The quantitative estimate of drug-likeness (QED) is 0.738. The third-order valence-corrected chi connectivity index (χ3v) is 3.68. The van der Waals surface area contributed by atoms with Crippen molar-refractivity contribution in [1.29, 1.82) is 0 Å². The van der Waals surface area contributed by atoms with Crippen molar-refractivity contribution in [3.05, 3.63) is 12.2 Å². The van der Waals surface area contributed by atoms with Gasteiger partial charge in [-0.25, -0.2) is 0 Å². The third-order valence-electron chi connectivity index (χ3n) is 3.68. The average molecular weight is 223 g/mol. The van der Waals surface area contributed by atoms with Gasteiger partial charge in [0.05, 0.1) is 0 Å². The maximum Gasteiger partial charge on any atom is 0.223 e. The lowest BCUT2D eigenvalue weighted by molar-refractivity contribution is -0.134. The Bertz CT molecular complexity index is 275. The van der Waals surface area contributed by atoms with Crippen LogP contribution in [-0.4, -0.2) is 35.6 Å². The molecule has 1 saturated heterocycles. The molecule has 2 rings (SSSR count). The molecule has 2 unspecified atom stereocenters.